The van der Waals surface area contributed by atoms with E-state index in [1.165, 1.54) is 4.90 Å². The lowest BCUT2D eigenvalue weighted by molar-refractivity contribution is -0.183. The number of hydrogen-bond acceptors (Lipinski definition) is 4. The van der Waals surface area contributed by atoms with Gasteiger partial charge in [-0.25, -0.2) is 0 Å². The van der Waals surface area contributed by atoms with Crippen molar-refractivity contribution in [2.75, 3.05) is 45.9 Å². The summed E-state index contributed by atoms with van der Waals surface area (Å²) in [5.74, 6) is -0.0796. The van der Waals surface area contributed by atoms with E-state index in [1.807, 2.05) is 0 Å². The van der Waals surface area contributed by atoms with E-state index in [4.69, 9.17) is 4.74 Å². The molecular formula is C12H20F3N3O2. The van der Waals surface area contributed by atoms with Gasteiger partial charge in [-0.05, 0) is 6.92 Å². The minimum absolute atomic E-state index is 0.0796. The second kappa shape index (κ2) is 6.28. The number of ether oxygens (including phenoxy) is 1. The molecule has 0 radical (unpaired) electrons. The van der Waals surface area contributed by atoms with Crippen LogP contribution in [0.25, 0.3) is 0 Å². The lowest BCUT2D eigenvalue weighted by Gasteiger charge is -2.40. The zero-order chi connectivity index (χ0) is 14.8. The van der Waals surface area contributed by atoms with Crippen LogP contribution in [0.1, 0.15) is 6.92 Å². The van der Waals surface area contributed by atoms with Gasteiger partial charge in [0.1, 0.15) is 12.1 Å². The summed E-state index contributed by atoms with van der Waals surface area (Å²) in [6, 6.07) is -1.83. The van der Waals surface area contributed by atoms with Crippen molar-refractivity contribution in [2.24, 2.45) is 0 Å². The van der Waals surface area contributed by atoms with Crippen LogP contribution in [0.2, 0.25) is 0 Å². The Bertz CT molecular complexity index is 337. The molecule has 2 atom stereocenters. The number of morpholine rings is 1. The van der Waals surface area contributed by atoms with Gasteiger partial charge < -0.3 is 15.0 Å². The maximum Gasteiger partial charge on any atom is 0.403 e. The maximum absolute atomic E-state index is 12.6. The standard InChI is InChI=1S/C12H20F3N3O2/c1-9(12(13,14)15)17-3-5-18(6-4-17)11(19)10-8-20-7-2-16-10/h9-10,16H,2-8H2,1H3. The van der Waals surface area contributed by atoms with Crippen molar-refractivity contribution in [3.05, 3.63) is 0 Å². The molecule has 1 amide bonds. The highest BCUT2D eigenvalue weighted by molar-refractivity contribution is 5.82. The first kappa shape index (κ1) is 15.5. The van der Waals surface area contributed by atoms with E-state index >= 15 is 0 Å². The SMILES string of the molecule is CC(N1CCN(C(=O)C2COCCN2)CC1)C(F)(F)F. The monoisotopic (exact) mass is 295 g/mol. The number of carbonyl (C=O) groups is 1. The Kier molecular flexibility index (Phi) is 4.87. The number of hydrogen-bond donors (Lipinski definition) is 1. The van der Waals surface area contributed by atoms with E-state index in [1.54, 1.807) is 4.90 Å². The van der Waals surface area contributed by atoms with Crippen molar-refractivity contribution in [3.8, 4) is 0 Å². The number of piperazine rings is 1. The maximum atomic E-state index is 12.6. The summed E-state index contributed by atoms with van der Waals surface area (Å²) in [6.45, 7) is 3.86. The third-order valence-electron chi connectivity index (χ3n) is 3.87. The number of alkyl halides is 3. The number of amides is 1. The molecule has 2 unspecified atom stereocenters. The minimum Gasteiger partial charge on any atom is -0.378 e. The van der Waals surface area contributed by atoms with Crippen LogP contribution in [0.3, 0.4) is 0 Å². The Morgan fingerprint density at radius 1 is 1.30 bits per heavy atom. The second-order valence-corrected chi connectivity index (χ2v) is 5.16. The van der Waals surface area contributed by atoms with Crippen LogP contribution < -0.4 is 5.32 Å². The molecule has 0 saturated carbocycles. The van der Waals surface area contributed by atoms with Gasteiger partial charge in [-0.1, -0.05) is 0 Å². The molecule has 5 nitrogen and oxygen atoms in total. The summed E-state index contributed by atoms with van der Waals surface area (Å²) >= 11 is 0. The average molecular weight is 295 g/mol. The Morgan fingerprint density at radius 3 is 2.45 bits per heavy atom. The highest BCUT2D eigenvalue weighted by atomic mass is 19.4. The van der Waals surface area contributed by atoms with Gasteiger partial charge in [-0.15, -0.1) is 0 Å². The summed E-state index contributed by atoms with van der Waals surface area (Å²) in [5, 5.41) is 3.06. The van der Waals surface area contributed by atoms with Crippen LogP contribution in [0.15, 0.2) is 0 Å². The van der Waals surface area contributed by atoms with E-state index in [-0.39, 0.29) is 25.0 Å². The lowest BCUT2D eigenvalue weighted by atomic mass is 10.2. The van der Waals surface area contributed by atoms with Crippen LogP contribution >= 0.6 is 0 Å². The second-order valence-electron chi connectivity index (χ2n) is 5.16. The number of nitrogens with one attached hydrogen (secondary N) is 1. The third kappa shape index (κ3) is 3.62. The van der Waals surface area contributed by atoms with Gasteiger partial charge in [0.2, 0.25) is 5.91 Å². The summed E-state index contributed by atoms with van der Waals surface area (Å²) in [5.41, 5.74) is 0. The molecule has 2 aliphatic rings. The van der Waals surface area contributed by atoms with Crippen molar-refractivity contribution in [2.45, 2.75) is 25.2 Å². The molecule has 2 heterocycles. The zero-order valence-electron chi connectivity index (χ0n) is 11.4. The fourth-order valence-corrected chi connectivity index (χ4v) is 2.48. The van der Waals surface area contributed by atoms with Gasteiger partial charge in [-0.2, -0.15) is 13.2 Å². The predicted molar refractivity (Wildman–Crippen MR) is 66.3 cm³/mol. The number of rotatable bonds is 2. The first-order valence-electron chi connectivity index (χ1n) is 6.80. The fraction of sp³-hybridized carbons (Fsp3) is 0.917. The third-order valence-corrected chi connectivity index (χ3v) is 3.87. The van der Waals surface area contributed by atoms with Crippen molar-refractivity contribution in [1.29, 1.82) is 0 Å². The van der Waals surface area contributed by atoms with Gasteiger partial charge >= 0.3 is 6.18 Å². The highest BCUT2D eigenvalue weighted by Crippen LogP contribution is 2.25. The van der Waals surface area contributed by atoms with Gasteiger partial charge in [0.15, 0.2) is 0 Å². The molecule has 116 valence electrons. The van der Waals surface area contributed by atoms with Crippen molar-refractivity contribution >= 4 is 5.91 Å². The molecule has 2 aliphatic heterocycles. The summed E-state index contributed by atoms with van der Waals surface area (Å²) in [7, 11) is 0. The first-order valence-corrected chi connectivity index (χ1v) is 6.80. The molecule has 0 aliphatic carbocycles. The molecule has 0 spiro atoms. The normalized spacial score (nSPS) is 27.4. The van der Waals surface area contributed by atoms with Crippen LogP contribution in [-0.2, 0) is 9.53 Å². The smallest absolute Gasteiger partial charge is 0.378 e. The Labute approximate surface area is 116 Å². The first-order chi connectivity index (χ1) is 9.39. The Hall–Kier alpha value is -0.860. The molecule has 2 saturated heterocycles. The van der Waals surface area contributed by atoms with Crippen LogP contribution in [0.5, 0.6) is 0 Å². The van der Waals surface area contributed by atoms with Gasteiger partial charge in [0.25, 0.3) is 0 Å². The van der Waals surface area contributed by atoms with Gasteiger partial charge in [-0.3, -0.25) is 9.69 Å². The topological polar surface area (TPSA) is 44.8 Å². The molecule has 1 N–H and O–H groups in total. The minimum atomic E-state index is -4.22. The van der Waals surface area contributed by atoms with Crippen molar-refractivity contribution in [1.82, 2.24) is 15.1 Å². The summed E-state index contributed by atoms with van der Waals surface area (Å²) in [4.78, 5) is 15.2. The molecule has 0 bridgehead atoms. The van der Waals surface area contributed by atoms with E-state index in [9.17, 15) is 18.0 Å². The Morgan fingerprint density at radius 2 is 1.95 bits per heavy atom. The lowest BCUT2D eigenvalue weighted by Crippen LogP contribution is -2.59. The van der Waals surface area contributed by atoms with E-state index < -0.39 is 12.2 Å². The van der Waals surface area contributed by atoms with E-state index in [0.717, 1.165) is 6.92 Å². The van der Waals surface area contributed by atoms with Crippen LogP contribution in [0.4, 0.5) is 13.2 Å². The van der Waals surface area contributed by atoms with Gasteiger partial charge in [0.05, 0.1) is 13.2 Å². The largest absolute Gasteiger partial charge is 0.403 e. The molecule has 20 heavy (non-hydrogen) atoms. The van der Waals surface area contributed by atoms with Gasteiger partial charge in [0, 0.05) is 32.7 Å². The zero-order valence-corrected chi connectivity index (χ0v) is 11.4. The molecule has 0 aromatic carbocycles. The average Bonchev–Trinajstić information content (AvgIpc) is 2.46. The molecule has 8 heteroatoms. The van der Waals surface area contributed by atoms with E-state index in [0.29, 0.717) is 32.8 Å². The van der Waals surface area contributed by atoms with Crippen molar-refractivity contribution in [3.63, 3.8) is 0 Å². The Balaban J connectivity index is 1.83. The molecule has 0 aromatic rings. The molecule has 2 rings (SSSR count). The fourth-order valence-electron chi connectivity index (χ4n) is 2.48. The quantitative estimate of drug-likeness (QED) is 0.783. The number of carbonyl (C=O) groups excluding carboxylic acids is 1. The molecular weight excluding hydrogens is 275 g/mol. The number of nitrogens with zero attached hydrogens (tertiary/aromatic N) is 2. The van der Waals surface area contributed by atoms with Crippen LogP contribution in [0, 0.1) is 0 Å². The molecule has 0 aromatic heterocycles. The summed E-state index contributed by atoms with van der Waals surface area (Å²) in [6.07, 6.45) is -4.22. The van der Waals surface area contributed by atoms with E-state index in [2.05, 4.69) is 5.32 Å². The highest BCUT2D eigenvalue weighted by Gasteiger charge is 2.41. The summed E-state index contributed by atoms with van der Waals surface area (Å²) < 4.78 is 43.1. The van der Waals surface area contributed by atoms with Crippen molar-refractivity contribution < 1.29 is 22.7 Å². The predicted octanol–water partition coefficient (Wildman–Crippen LogP) is 0.0698. The molecule has 2 fully saturated rings. The number of halogens is 3. The van der Waals surface area contributed by atoms with Crippen LogP contribution in [-0.4, -0.2) is 79.9 Å².